The summed E-state index contributed by atoms with van der Waals surface area (Å²) in [5.74, 6) is -1.25. The van der Waals surface area contributed by atoms with Gasteiger partial charge in [0.05, 0.1) is 12.0 Å². The number of aliphatic hydroxyl groups is 1. The number of allylic oxidation sites excluding steroid dienone is 2. The molecule has 1 heterocycles. The van der Waals surface area contributed by atoms with Crippen molar-refractivity contribution in [3.8, 4) is 0 Å². The molecule has 1 aliphatic heterocycles. The molecule has 0 saturated carbocycles. The van der Waals surface area contributed by atoms with Crippen LogP contribution in [0.1, 0.15) is 53.4 Å². The molecule has 1 saturated heterocycles. The van der Waals surface area contributed by atoms with Crippen LogP contribution < -0.4 is 0 Å². The molecule has 2 rings (SSSR count). The molecule has 0 spiro atoms. The number of rotatable bonds is 1. The Morgan fingerprint density at radius 1 is 1.19 bits per heavy atom. The molecular formula is C22H30O5. The molecule has 1 fully saturated rings. The van der Waals surface area contributed by atoms with E-state index in [0.29, 0.717) is 18.4 Å². The van der Waals surface area contributed by atoms with Gasteiger partial charge in [-0.3, -0.25) is 4.79 Å². The highest BCUT2D eigenvalue weighted by Crippen LogP contribution is 2.34. The number of hydrogen-bond donors (Lipinski definition) is 1. The molecule has 0 radical (unpaired) electrons. The quantitative estimate of drug-likeness (QED) is 0.429. The predicted octanol–water partition coefficient (Wildman–Crippen LogP) is 3.79. The van der Waals surface area contributed by atoms with Crippen molar-refractivity contribution in [2.75, 3.05) is 0 Å². The van der Waals surface area contributed by atoms with Crippen molar-refractivity contribution in [1.29, 1.82) is 0 Å². The predicted molar refractivity (Wildman–Crippen MR) is 104 cm³/mol. The third kappa shape index (κ3) is 5.93. The zero-order chi connectivity index (χ0) is 20.1. The number of ether oxygens (including phenoxy) is 2. The third-order valence-electron chi connectivity index (χ3n) is 5.00. The van der Waals surface area contributed by atoms with Crippen LogP contribution in [0.5, 0.6) is 0 Å². The van der Waals surface area contributed by atoms with Crippen molar-refractivity contribution in [1.82, 2.24) is 0 Å². The minimum Gasteiger partial charge on any atom is -0.458 e. The summed E-state index contributed by atoms with van der Waals surface area (Å²) in [6.07, 6.45) is 6.94. The number of aliphatic hydroxyl groups excluding tert-OH is 1. The average Bonchev–Trinajstić information content (AvgIpc) is 2.79. The molecular weight excluding hydrogens is 344 g/mol. The molecule has 0 amide bonds. The molecule has 148 valence electrons. The average molecular weight is 374 g/mol. The van der Waals surface area contributed by atoms with Gasteiger partial charge in [0.2, 0.25) is 0 Å². The summed E-state index contributed by atoms with van der Waals surface area (Å²) < 4.78 is 10.9. The maximum absolute atomic E-state index is 12.0. The van der Waals surface area contributed by atoms with E-state index >= 15 is 0 Å². The summed E-state index contributed by atoms with van der Waals surface area (Å²) in [6.45, 7) is 11.1. The smallest absolute Gasteiger partial charge is 0.334 e. The van der Waals surface area contributed by atoms with Gasteiger partial charge >= 0.3 is 11.9 Å². The Morgan fingerprint density at radius 3 is 2.56 bits per heavy atom. The summed E-state index contributed by atoms with van der Waals surface area (Å²) in [6, 6.07) is 0. The summed E-state index contributed by atoms with van der Waals surface area (Å²) in [4.78, 5) is 23.4. The molecule has 1 N–H and O–H groups in total. The number of esters is 2. The van der Waals surface area contributed by atoms with Crippen molar-refractivity contribution >= 4 is 11.9 Å². The van der Waals surface area contributed by atoms with E-state index in [2.05, 4.69) is 12.7 Å². The van der Waals surface area contributed by atoms with Crippen molar-refractivity contribution in [2.45, 2.75) is 71.7 Å². The van der Waals surface area contributed by atoms with Gasteiger partial charge in [-0.1, -0.05) is 29.4 Å². The van der Waals surface area contributed by atoms with E-state index in [1.807, 2.05) is 32.9 Å². The first-order valence-electron chi connectivity index (χ1n) is 9.42. The highest BCUT2D eigenvalue weighted by molar-refractivity contribution is 5.91. The normalized spacial score (nSPS) is 36.1. The van der Waals surface area contributed by atoms with Gasteiger partial charge in [0, 0.05) is 18.9 Å². The topological polar surface area (TPSA) is 72.8 Å². The zero-order valence-electron chi connectivity index (χ0n) is 16.7. The molecule has 5 nitrogen and oxygen atoms in total. The van der Waals surface area contributed by atoms with Gasteiger partial charge in [-0.15, -0.1) is 0 Å². The van der Waals surface area contributed by atoms with Crippen LogP contribution in [0.3, 0.4) is 0 Å². The maximum atomic E-state index is 12.0. The van der Waals surface area contributed by atoms with E-state index in [-0.39, 0.29) is 12.1 Å². The van der Waals surface area contributed by atoms with Crippen LogP contribution in [0, 0.1) is 5.92 Å². The first-order valence-corrected chi connectivity index (χ1v) is 9.42. The van der Waals surface area contributed by atoms with Crippen LogP contribution >= 0.6 is 0 Å². The Labute approximate surface area is 161 Å². The van der Waals surface area contributed by atoms with Gasteiger partial charge in [-0.05, 0) is 52.2 Å². The fraction of sp³-hybridized carbons (Fsp3) is 0.545. The van der Waals surface area contributed by atoms with Gasteiger partial charge in [0.15, 0.2) is 0 Å². The molecule has 0 unspecified atom stereocenters. The minimum atomic E-state index is -0.799. The number of fused-ring (bicyclic) bond motifs is 1. The second-order valence-corrected chi connectivity index (χ2v) is 7.66. The van der Waals surface area contributed by atoms with E-state index in [4.69, 9.17) is 9.47 Å². The minimum absolute atomic E-state index is 0.309. The Bertz CT molecular complexity index is 697. The van der Waals surface area contributed by atoms with Crippen molar-refractivity contribution in [3.63, 3.8) is 0 Å². The molecule has 0 bridgehead atoms. The molecule has 1 aliphatic carbocycles. The maximum Gasteiger partial charge on any atom is 0.334 e. The molecule has 5 heteroatoms. The summed E-state index contributed by atoms with van der Waals surface area (Å²) in [5.41, 5.74) is 3.45. The monoisotopic (exact) mass is 374 g/mol. The number of carbonyl (C=O) groups is 2. The molecule has 2 aliphatic rings. The van der Waals surface area contributed by atoms with Gasteiger partial charge < -0.3 is 14.6 Å². The highest BCUT2D eigenvalue weighted by atomic mass is 16.6. The fourth-order valence-corrected chi connectivity index (χ4v) is 3.70. The van der Waals surface area contributed by atoms with Crippen LogP contribution in [0.2, 0.25) is 0 Å². The lowest BCUT2D eigenvalue weighted by atomic mass is 9.86. The second-order valence-electron chi connectivity index (χ2n) is 7.66. The lowest BCUT2D eigenvalue weighted by Crippen LogP contribution is -2.29. The van der Waals surface area contributed by atoms with Crippen LogP contribution in [0.4, 0.5) is 0 Å². The van der Waals surface area contributed by atoms with Crippen molar-refractivity contribution in [3.05, 3.63) is 47.1 Å². The first-order chi connectivity index (χ1) is 12.7. The van der Waals surface area contributed by atoms with Crippen LogP contribution in [0.15, 0.2) is 47.1 Å². The van der Waals surface area contributed by atoms with Crippen molar-refractivity contribution in [2.24, 2.45) is 5.92 Å². The summed E-state index contributed by atoms with van der Waals surface area (Å²) >= 11 is 0. The van der Waals surface area contributed by atoms with E-state index in [0.717, 1.165) is 29.6 Å². The van der Waals surface area contributed by atoms with Gasteiger partial charge in [0.1, 0.15) is 12.2 Å². The van der Waals surface area contributed by atoms with Crippen LogP contribution in [-0.4, -0.2) is 35.4 Å². The first kappa shape index (κ1) is 21.2. The SMILES string of the molecule is C=C1C(=O)O[C@@H]2/C=C(\C)CC/C=C(\C)C[C@@H](OC(C)=O)/C=C(\C)C[C@@H](O)[C@@H]12. The zero-order valence-corrected chi connectivity index (χ0v) is 16.7. The Hall–Kier alpha value is -2.14. The van der Waals surface area contributed by atoms with Gasteiger partial charge in [0.25, 0.3) is 0 Å². The molecule has 0 aromatic rings. The molecule has 0 aromatic heterocycles. The lowest BCUT2D eigenvalue weighted by Gasteiger charge is -2.23. The highest BCUT2D eigenvalue weighted by Gasteiger charge is 2.41. The molecule has 0 aromatic carbocycles. The van der Waals surface area contributed by atoms with Crippen LogP contribution in [-0.2, 0) is 19.1 Å². The Balaban J connectivity index is 2.35. The second kappa shape index (κ2) is 9.18. The van der Waals surface area contributed by atoms with Crippen molar-refractivity contribution < 1.29 is 24.2 Å². The lowest BCUT2D eigenvalue weighted by molar-refractivity contribution is -0.144. The standard InChI is InChI=1S/C22H30O5/c1-13-7-6-8-14(2)12-20-21(16(4)22(25)27-20)19(24)11-15(3)10-18(9-13)26-17(5)23/h7,10,12,18-21,24H,4,6,8-9,11H2,1-3,5H3/b13-7+,14-12+,15-10+/t18-,19-,20-,21-/m1/s1. The van der Waals surface area contributed by atoms with E-state index < -0.39 is 24.1 Å². The van der Waals surface area contributed by atoms with E-state index in [1.165, 1.54) is 6.92 Å². The fourth-order valence-electron chi connectivity index (χ4n) is 3.70. The van der Waals surface area contributed by atoms with Crippen LogP contribution in [0.25, 0.3) is 0 Å². The summed E-state index contributed by atoms with van der Waals surface area (Å²) in [5, 5.41) is 10.8. The van der Waals surface area contributed by atoms with E-state index in [9.17, 15) is 14.7 Å². The largest absolute Gasteiger partial charge is 0.458 e. The van der Waals surface area contributed by atoms with E-state index in [1.54, 1.807) is 0 Å². The van der Waals surface area contributed by atoms with Gasteiger partial charge in [-0.2, -0.15) is 0 Å². The third-order valence-corrected chi connectivity index (χ3v) is 5.00. The number of hydrogen-bond acceptors (Lipinski definition) is 5. The number of carbonyl (C=O) groups excluding carboxylic acids is 2. The van der Waals surface area contributed by atoms with Gasteiger partial charge in [-0.25, -0.2) is 4.79 Å². The molecule has 27 heavy (non-hydrogen) atoms. The Morgan fingerprint density at radius 2 is 1.89 bits per heavy atom. The molecule has 4 atom stereocenters. The Kier molecular flexibility index (Phi) is 7.19. The summed E-state index contributed by atoms with van der Waals surface area (Å²) in [7, 11) is 0.